The Morgan fingerprint density at radius 2 is 2.33 bits per heavy atom. The second-order valence-electron chi connectivity index (χ2n) is 4.06. The van der Waals surface area contributed by atoms with Crippen molar-refractivity contribution in [1.29, 1.82) is 0 Å². The van der Waals surface area contributed by atoms with Gasteiger partial charge in [0.15, 0.2) is 0 Å². The van der Waals surface area contributed by atoms with Gasteiger partial charge in [-0.2, -0.15) is 0 Å². The van der Waals surface area contributed by atoms with Crippen molar-refractivity contribution in [2.24, 2.45) is 12.9 Å². The largest absolute Gasteiger partial charge is 0.337 e. The smallest absolute Gasteiger partial charge is 0.127 e. The van der Waals surface area contributed by atoms with Crippen LogP contribution in [0.3, 0.4) is 0 Å². The summed E-state index contributed by atoms with van der Waals surface area (Å²) in [5.74, 6) is 6.05. The maximum Gasteiger partial charge on any atom is 0.127 e. The fraction of sp³-hybridized carbons (Fsp3) is 0.250. The Balaban J connectivity index is 2.23. The molecule has 0 aliphatic heterocycles. The molecule has 1 heterocycles. The first-order chi connectivity index (χ1) is 8.61. The molecule has 0 saturated heterocycles. The number of hydrogen-bond acceptors (Lipinski definition) is 3. The van der Waals surface area contributed by atoms with Crippen LogP contribution in [0.1, 0.15) is 17.4 Å². The lowest BCUT2D eigenvalue weighted by Crippen LogP contribution is -2.31. The Hall–Kier alpha value is -1.24. The van der Waals surface area contributed by atoms with Gasteiger partial charge in [0, 0.05) is 23.9 Å². The summed E-state index contributed by atoms with van der Waals surface area (Å²) in [6, 6.07) is 4.78. The summed E-state index contributed by atoms with van der Waals surface area (Å²) in [6.07, 6.45) is 3.97. The normalized spacial score (nSPS) is 12.7. The third-order valence-corrected chi connectivity index (χ3v) is 3.30. The number of hydrazine groups is 1. The predicted molar refractivity (Wildman–Crippen MR) is 71.1 cm³/mol. The average molecular weight is 313 g/mol. The summed E-state index contributed by atoms with van der Waals surface area (Å²) in [5.41, 5.74) is 3.27. The van der Waals surface area contributed by atoms with E-state index >= 15 is 0 Å². The number of halogens is 2. The summed E-state index contributed by atoms with van der Waals surface area (Å²) in [5, 5.41) is 0. The number of benzene rings is 1. The van der Waals surface area contributed by atoms with Crippen LogP contribution in [-0.2, 0) is 13.5 Å². The highest BCUT2D eigenvalue weighted by atomic mass is 79.9. The van der Waals surface area contributed by atoms with Crippen molar-refractivity contribution in [3.8, 4) is 0 Å². The highest BCUT2D eigenvalue weighted by molar-refractivity contribution is 9.10. The number of rotatable bonds is 4. The van der Waals surface area contributed by atoms with Crippen LogP contribution in [-0.4, -0.2) is 9.55 Å². The van der Waals surface area contributed by atoms with Gasteiger partial charge in [-0.15, -0.1) is 0 Å². The average Bonchev–Trinajstić information content (AvgIpc) is 2.75. The maximum atomic E-state index is 13.8. The molecule has 96 valence electrons. The van der Waals surface area contributed by atoms with E-state index in [1.54, 1.807) is 12.3 Å². The van der Waals surface area contributed by atoms with E-state index in [9.17, 15) is 4.39 Å². The molecule has 0 aliphatic carbocycles. The Morgan fingerprint density at radius 3 is 2.89 bits per heavy atom. The molecule has 0 saturated carbocycles. The number of hydrogen-bond donors (Lipinski definition) is 2. The molecular weight excluding hydrogens is 299 g/mol. The standard InChI is InChI=1S/C12H14BrFN4/c1-18-5-4-16-12(18)11(17-15)6-8-2-3-9(13)7-10(8)14/h2-5,7,11,17H,6,15H2,1H3. The van der Waals surface area contributed by atoms with Crippen LogP contribution < -0.4 is 11.3 Å². The van der Waals surface area contributed by atoms with E-state index in [1.165, 1.54) is 6.07 Å². The number of aryl methyl sites for hydroxylation is 1. The lowest BCUT2D eigenvalue weighted by atomic mass is 10.1. The molecular formula is C12H14BrFN4. The molecule has 18 heavy (non-hydrogen) atoms. The van der Waals surface area contributed by atoms with Gasteiger partial charge in [0.05, 0.1) is 6.04 Å². The predicted octanol–water partition coefficient (Wildman–Crippen LogP) is 2.07. The van der Waals surface area contributed by atoms with Gasteiger partial charge >= 0.3 is 0 Å². The second kappa shape index (κ2) is 5.60. The lowest BCUT2D eigenvalue weighted by molar-refractivity contribution is 0.493. The van der Waals surface area contributed by atoms with E-state index in [-0.39, 0.29) is 11.9 Å². The molecule has 4 nitrogen and oxygen atoms in total. The van der Waals surface area contributed by atoms with E-state index in [4.69, 9.17) is 5.84 Å². The monoisotopic (exact) mass is 312 g/mol. The number of nitrogens with two attached hydrogens (primary N) is 1. The van der Waals surface area contributed by atoms with Gasteiger partial charge in [-0.3, -0.25) is 5.84 Å². The fourth-order valence-corrected chi connectivity index (χ4v) is 2.18. The maximum absolute atomic E-state index is 13.8. The van der Waals surface area contributed by atoms with Crippen molar-refractivity contribution in [2.45, 2.75) is 12.5 Å². The molecule has 1 aromatic carbocycles. The molecule has 0 aliphatic rings. The summed E-state index contributed by atoms with van der Waals surface area (Å²) in [6.45, 7) is 0. The topological polar surface area (TPSA) is 55.9 Å². The van der Waals surface area contributed by atoms with E-state index in [0.29, 0.717) is 12.0 Å². The van der Waals surface area contributed by atoms with Crippen LogP contribution in [0, 0.1) is 5.82 Å². The van der Waals surface area contributed by atoms with Crippen LogP contribution in [0.4, 0.5) is 4.39 Å². The number of nitrogens with zero attached hydrogens (tertiary/aromatic N) is 2. The van der Waals surface area contributed by atoms with E-state index in [1.807, 2.05) is 23.9 Å². The van der Waals surface area contributed by atoms with Gasteiger partial charge in [0.1, 0.15) is 11.6 Å². The summed E-state index contributed by atoms with van der Waals surface area (Å²) in [4.78, 5) is 4.22. The minimum Gasteiger partial charge on any atom is -0.337 e. The number of imidazole rings is 1. The Morgan fingerprint density at radius 1 is 1.56 bits per heavy atom. The van der Waals surface area contributed by atoms with E-state index in [2.05, 4.69) is 26.3 Å². The minimum absolute atomic E-state index is 0.222. The molecule has 0 amide bonds. The molecule has 6 heteroatoms. The zero-order valence-electron chi connectivity index (χ0n) is 9.90. The first kappa shape index (κ1) is 13.2. The number of aromatic nitrogens is 2. The first-order valence-corrected chi connectivity index (χ1v) is 6.28. The summed E-state index contributed by atoms with van der Waals surface area (Å²) in [7, 11) is 1.88. The molecule has 1 unspecified atom stereocenters. The van der Waals surface area contributed by atoms with Gasteiger partial charge in [-0.05, 0) is 24.1 Å². The van der Waals surface area contributed by atoms with Gasteiger partial charge in [-0.1, -0.05) is 22.0 Å². The van der Waals surface area contributed by atoms with Crippen molar-refractivity contribution in [1.82, 2.24) is 15.0 Å². The molecule has 0 fully saturated rings. The van der Waals surface area contributed by atoms with Crippen molar-refractivity contribution < 1.29 is 4.39 Å². The molecule has 0 radical (unpaired) electrons. The minimum atomic E-state index is -0.251. The molecule has 1 atom stereocenters. The first-order valence-electron chi connectivity index (χ1n) is 5.49. The highest BCUT2D eigenvalue weighted by Gasteiger charge is 2.16. The quantitative estimate of drug-likeness (QED) is 0.671. The summed E-state index contributed by atoms with van der Waals surface area (Å²) < 4.78 is 16.3. The third kappa shape index (κ3) is 2.77. The van der Waals surface area contributed by atoms with E-state index < -0.39 is 0 Å². The number of nitrogens with one attached hydrogen (secondary N) is 1. The van der Waals surface area contributed by atoms with Crippen LogP contribution >= 0.6 is 15.9 Å². The van der Waals surface area contributed by atoms with Crippen LogP contribution in [0.15, 0.2) is 35.1 Å². The highest BCUT2D eigenvalue weighted by Crippen LogP contribution is 2.21. The molecule has 1 aromatic heterocycles. The van der Waals surface area contributed by atoms with Gasteiger partial charge in [-0.25, -0.2) is 14.8 Å². The zero-order chi connectivity index (χ0) is 13.1. The molecule has 2 aromatic rings. The Kier molecular flexibility index (Phi) is 4.11. The van der Waals surface area contributed by atoms with Crippen LogP contribution in [0.25, 0.3) is 0 Å². The molecule has 0 bridgehead atoms. The Labute approximate surface area is 113 Å². The van der Waals surface area contributed by atoms with Crippen LogP contribution in [0.5, 0.6) is 0 Å². The molecule has 3 N–H and O–H groups in total. The Bertz CT molecular complexity index is 541. The fourth-order valence-electron chi connectivity index (χ4n) is 1.84. The van der Waals surface area contributed by atoms with Crippen LogP contribution in [0.2, 0.25) is 0 Å². The van der Waals surface area contributed by atoms with Gasteiger partial charge in [0.25, 0.3) is 0 Å². The molecule has 0 spiro atoms. The van der Waals surface area contributed by atoms with Crippen molar-refractivity contribution in [2.75, 3.05) is 0 Å². The lowest BCUT2D eigenvalue weighted by Gasteiger charge is -2.16. The SMILES string of the molecule is Cn1ccnc1C(Cc1ccc(Br)cc1F)NN. The molecule has 2 rings (SSSR count). The van der Waals surface area contributed by atoms with Crippen molar-refractivity contribution >= 4 is 15.9 Å². The van der Waals surface area contributed by atoms with Gasteiger partial charge in [0.2, 0.25) is 0 Å². The van der Waals surface area contributed by atoms with E-state index in [0.717, 1.165) is 10.3 Å². The van der Waals surface area contributed by atoms with Gasteiger partial charge < -0.3 is 4.57 Å². The second-order valence-corrected chi connectivity index (χ2v) is 4.97. The summed E-state index contributed by atoms with van der Waals surface area (Å²) >= 11 is 3.23. The van der Waals surface area contributed by atoms with Crippen molar-refractivity contribution in [3.63, 3.8) is 0 Å². The zero-order valence-corrected chi connectivity index (χ0v) is 11.5. The van der Waals surface area contributed by atoms with Crippen molar-refractivity contribution in [3.05, 3.63) is 52.3 Å². The third-order valence-electron chi connectivity index (χ3n) is 2.81.